The first kappa shape index (κ1) is 19.8. The summed E-state index contributed by atoms with van der Waals surface area (Å²) in [5.41, 5.74) is 0.920. The van der Waals surface area contributed by atoms with E-state index in [2.05, 4.69) is 17.1 Å². The van der Waals surface area contributed by atoms with Gasteiger partial charge in [-0.15, -0.1) is 0 Å². The molecule has 2 unspecified atom stereocenters. The Morgan fingerprint density at radius 2 is 1.85 bits per heavy atom. The lowest BCUT2D eigenvalue weighted by molar-refractivity contribution is -0.123. The molecule has 148 valence electrons. The molecule has 1 aliphatic carbocycles. The van der Waals surface area contributed by atoms with Crippen LogP contribution in [0.1, 0.15) is 49.9 Å². The Bertz CT molecular complexity index is 686. The first-order valence-electron chi connectivity index (χ1n) is 10.0. The van der Waals surface area contributed by atoms with Crippen molar-refractivity contribution < 1.29 is 14.0 Å². The van der Waals surface area contributed by atoms with Crippen LogP contribution in [0.5, 0.6) is 0 Å². The highest BCUT2D eigenvalue weighted by Gasteiger charge is 2.25. The van der Waals surface area contributed by atoms with E-state index < -0.39 is 0 Å². The molecule has 1 N–H and O–H groups in total. The minimum absolute atomic E-state index is 0.0965. The molecular formula is C21H30FN3O2. The number of anilines is 1. The molecule has 0 bridgehead atoms. The number of piperazine rings is 1. The van der Waals surface area contributed by atoms with E-state index in [1.54, 1.807) is 12.1 Å². The Morgan fingerprint density at radius 1 is 1.15 bits per heavy atom. The van der Waals surface area contributed by atoms with Crippen LogP contribution in [-0.4, -0.2) is 55.4 Å². The molecule has 0 radical (unpaired) electrons. The topological polar surface area (TPSA) is 52.7 Å². The van der Waals surface area contributed by atoms with Gasteiger partial charge in [-0.3, -0.25) is 14.5 Å². The van der Waals surface area contributed by atoms with Crippen LogP contribution in [0.3, 0.4) is 0 Å². The molecule has 1 amide bonds. The van der Waals surface area contributed by atoms with Gasteiger partial charge in [-0.25, -0.2) is 4.39 Å². The summed E-state index contributed by atoms with van der Waals surface area (Å²) in [5.74, 6) is 0.156. The number of ketones is 1. The number of halogens is 1. The molecule has 1 heterocycles. The van der Waals surface area contributed by atoms with Crippen LogP contribution < -0.4 is 10.2 Å². The minimum atomic E-state index is -0.361. The molecule has 0 aromatic heterocycles. The Morgan fingerprint density at radius 3 is 2.48 bits per heavy atom. The zero-order valence-corrected chi connectivity index (χ0v) is 16.3. The van der Waals surface area contributed by atoms with Crippen molar-refractivity contribution in [1.82, 2.24) is 10.2 Å². The summed E-state index contributed by atoms with van der Waals surface area (Å²) < 4.78 is 14.3. The van der Waals surface area contributed by atoms with E-state index in [4.69, 9.17) is 0 Å². The first-order valence-corrected chi connectivity index (χ1v) is 10.0. The molecule has 2 fully saturated rings. The molecule has 1 saturated carbocycles. The van der Waals surface area contributed by atoms with Gasteiger partial charge in [0, 0.05) is 37.8 Å². The Labute approximate surface area is 160 Å². The van der Waals surface area contributed by atoms with Crippen LogP contribution in [0, 0.1) is 11.7 Å². The first-order chi connectivity index (χ1) is 12.9. The summed E-state index contributed by atoms with van der Waals surface area (Å²) in [6.07, 6.45) is 4.73. The highest BCUT2D eigenvalue weighted by molar-refractivity contribution is 5.94. The molecule has 0 spiro atoms. The monoisotopic (exact) mass is 375 g/mol. The predicted octanol–water partition coefficient (Wildman–Crippen LogP) is 2.85. The molecule has 3 rings (SSSR count). The maximum absolute atomic E-state index is 14.3. The van der Waals surface area contributed by atoms with Gasteiger partial charge in [0.15, 0.2) is 5.78 Å². The minimum Gasteiger partial charge on any atom is -0.367 e. The molecular weight excluding hydrogens is 345 g/mol. The van der Waals surface area contributed by atoms with E-state index in [0.717, 1.165) is 19.5 Å². The van der Waals surface area contributed by atoms with Crippen LogP contribution in [-0.2, 0) is 4.79 Å². The second-order valence-electron chi connectivity index (χ2n) is 7.92. The SMILES string of the molecule is CC(=O)c1ccc(N2CCN(CC(=O)NC3CCCCC3C)CC2)c(F)c1. The van der Waals surface area contributed by atoms with Crippen molar-refractivity contribution in [3.63, 3.8) is 0 Å². The summed E-state index contributed by atoms with van der Waals surface area (Å²) >= 11 is 0. The molecule has 1 saturated heterocycles. The third-order valence-electron chi connectivity index (χ3n) is 5.89. The van der Waals surface area contributed by atoms with Crippen LogP contribution >= 0.6 is 0 Å². The lowest BCUT2D eigenvalue weighted by atomic mass is 9.86. The third kappa shape index (κ3) is 5.06. The maximum Gasteiger partial charge on any atom is 0.234 e. The molecule has 1 aromatic carbocycles. The van der Waals surface area contributed by atoms with Crippen LogP contribution in [0.15, 0.2) is 18.2 Å². The van der Waals surface area contributed by atoms with Gasteiger partial charge in [0.1, 0.15) is 5.82 Å². The van der Waals surface area contributed by atoms with Crippen LogP contribution in [0.25, 0.3) is 0 Å². The van der Waals surface area contributed by atoms with E-state index >= 15 is 0 Å². The smallest absolute Gasteiger partial charge is 0.234 e. The highest BCUT2D eigenvalue weighted by Crippen LogP contribution is 2.24. The normalized spacial score (nSPS) is 23.9. The number of hydrogen-bond acceptors (Lipinski definition) is 4. The summed E-state index contributed by atoms with van der Waals surface area (Å²) in [6, 6.07) is 4.97. The number of nitrogens with zero attached hydrogens (tertiary/aromatic N) is 2. The quantitative estimate of drug-likeness (QED) is 0.804. The molecule has 6 heteroatoms. The molecule has 1 aliphatic heterocycles. The summed E-state index contributed by atoms with van der Waals surface area (Å²) in [5, 5.41) is 3.20. The second kappa shape index (κ2) is 8.83. The zero-order chi connectivity index (χ0) is 19.4. The van der Waals surface area contributed by atoms with Gasteiger partial charge in [0.05, 0.1) is 12.2 Å². The Kier molecular flexibility index (Phi) is 6.47. The number of amides is 1. The van der Waals surface area contributed by atoms with E-state index in [-0.39, 0.29) is 17.5 Å². The maximum atomic E-state index is 14.3. The largest absolute Gasteiger partial charge is 0.367 e. The summed E-state index contributed by atoms with van der Waals surface area (Å²) in [7, 11) is 0. The zero-order valence-electron chi connectivity index (χ0n) is 16.3. The average molecular weight is 375 g/mol. The van der Waals surface area contributed by atoms with E-state index in [0.29, 0.717) is 42.8 Å². The standard InChI is InChI=1S/C21H30FN3O2/c1-15-5-3-4-6-19(15)23-21(27)14-24-9-11-25(12-10-24)20-8-7-17(16(2)26)13-18(20)22/h7-8,13,15,19H,3-6,9-12,14H2,1-2H3,(H,23,27). The number of benzene rings is 1. The van der Waals surface area contributed by atoms with Gasteiger partial charge >= 0.3 is 0 Å². The summed E-state index contributed by atoms with van der Waals surface area (Å²) in [6.45, 7) is 6.85. The van der Waals surface area contributed by atoms with Crippen molar-refractivity contribution in [2.24, 2.45) is 5.92 Å². The molecule has 2 atom stereocenters. The average Bonchev–Trinajstić information content (AvgIpc) is 2.64. The second-order valence-corrected chi connectivity index (χ2v) is 7.92. The number of hydrogen-bond donors (Lipinski definition) is 1. The molecule has 27 heavy (non-hydrogen) atoms. The van der Waals surface area contributed by atoms with Crippen LogP contribution in [0.2, 0.25) is 0 Å². The van der Waals surface area contributed by atoms with Crippen LogP contribution in [0.4, 0.5) is 10.1 Å². The van der Waals surface area contributed by atoms with Gasteiger partial charge in [-0.1, -0.05) is 19.8 Å². The number of carbonyl (C=O) groups excluding carboxylic acids is 2. The number of carbonyl (C=O) groups is 2. The highest BCUT2D eigenvalue weighted by atomic mass is 19.1. The van der Waals surface area contributed by atoms with Gasteiger partial charge in [0.25, 0.3) is 0 Å². The van der Waals surface area contributed by atoms with Crippen molar-refractivity contribution in [3.8, 4) is 0 Å². The third-order valence-corrected chi connectivity index (χ3v) is 5.89. The number of rotatable bonds is 5. The fourth-order valence-corrected chi connectivity index (χ4v) is 4.12. The molecule has 2 aliphatic rings. The van der Waals surface area contributed by atoms with E-state index in [1.807, 2.05) is 4.90 Å². The van der Waals surface area contributed by atoms with Crippen molar-refractivity contribution in [3.05, 3.63) is 29.6 Å². The van der Waals surface area contributed by atoms with Crippen molar-refractivity contribution >= 4 is 17.4 Å². The van der Waals surface area contributed by atoms with Crippen molar-refractivity contribution in [1.29, 1.82) is 0 Å². The predicted molar refractivity (Wildman–Crippen MR) is 105 cm³/mol. The van der Waals surface area contributed by atoms with E-state index in [1.165, 1.54) is 32.3 Å². The fourth-order valence-electron chi connectivity index (χ4n) is 4.12. The lowest BCUT2D eigenvalue weighted by Gasteiger charge is -2.36. The van der Waals surface area contributed by atoms with Crippen molar-refractivity contribution in [2.45, 2.75) is 45.6 Å². The van der Waals surface area contributed by atoms with E-state index in [9.17, 15) is 14.0 Å². The molecule has 5 nitrogen and oxygen atoms in total. The lowest BCUT2D eigenvalue weighted by Crippen LogP contribution is -2.51. The van der Waals surface area contributed by atoms with Gasteiger partial charge in [-0.05, 0) is 43.9 Å². The van der Waals surface area contributed by atoms with Crippen molar-refractivity contribution in [2.75, 3.05) is 37.6 Å². The number of Topliss-reactive ketones (excluding diaryl/α,β-unsaturated/α-hetero) is 1. The fraction of sp³-hybridized carbons (Fsp3) is 0.619. The number of nitrogens with one attached hydrogen (secondary N) is 1. The van der Waals surface area contributed by atoms with Gasteiger partial charge in [-0.2, -0.15) is 0 Å². The van der Waals surface area contributed by atoms with Gasteiger partial charge < -0.3 is 10.2 Å². The Hall–Kier alpha value is -1.95. The summed E-state index contributed by atoms with van der Waals surface area (Å²) in [4.78, 5) is 27.9. The Balaban J connectivity index is 1.48. The molecule has 1 aromatic rings. The van der Waals surface area contributed by atoms with Gasteiger partial charge in [0.2, 0.25) is 5.91 Å².